The number of hydrogen-bond acceptors (Lipinski definition) is 6. The summed E-state index contributed by atoms with van der Waals surface area (Å²) < 4.78 is 61.3. The molecule has 0 radical (unpaired) electrons. The van der Waals surface area contributed by atoms with Gasteiger partial charge in [0.1, 0.15) is 5.60 Å². The summed E-state index contributed by atoms with van der Waals surface area (Å²) in [6, 6.07) is 3.88. The van der Waals surface area contributed by atoms with Crippen LogP contribution in [0.25, 0.3) is 0 Å². The molecule has 0 saturated heterocycles. The maximum Gasteiger partial charge on any atom is 0.479 e. The van der Waals surface area contributed by atoms with Gasteiger partial charge in [-0.1, -0.05) is 24.2 Å². The molecule has 0 unspecified atom stereocenters. The van der Waals surface area contributed by atoms with Gasteiger partial charge in [0.2, 0.25) is 0 Å². The number of thioether (sulfide) groups is 1. The Labute approximate surface area is 180 Å². The van der Waals surface area contributed by atoms with Crippen LogP contribution in [0.5, 0.6) is 5.75 Å². The number of halogens is 4. The van der Waals surface area contributed by atoms with E-state index in [1.807, 2.05) is 0 Å². The van der Waals surface area contributed by atoms with Gasteiger partial charge in [0.05, 0.1) is 5.54 Å². The molecule has 11 heteroatoms. The second kappa shape index (κ2) is 8.49. The predicted octanol–water partition coefficient (Wildman–Crippen LogP) is 6.00. The molecule has 0 aromatic heterocycles. The smallest absolute Gasteiger partial charge is 0.444 e. The highest BCUT2D eigenvalue weighted by molar-refractivity contribution is 8.13. The molecule has 1 N–H and O–H groups in total. The van der Waals surface area contributed by atoms with Crippen molar-refractivity contribution >= 4 is 35.1 Å². The molecule has 0 bridgehead atoms. The van der Waals surface area contributed by atoms with E-state index in [9.17, 15) is 22.4 Å². The first-order valence-corrected chi connectivity index (χ1v) is 11.1. The monoisotopic (exact) mass is 466 g/mol. The number of benzene rings is 1. The summed E-state index contributed by atoms with van der Waals surface area (Å²) in [5.74, 6) is -0.604. The van der Waals surface area contributed by atoms with Gasteiger partial charge in [-0.25, -0.2) is 9.18 Å². The van der Waals surface area contributed by atoms with Gasteiger partial charge in [0, 0.05) is 5.75 Å². The summed E-state index contributed by atoms with van der Waals surface area (Å²) in [5, 5.41) is 3.02. The molecule has 5 nitrogen and oxygen atoms in total. The fraction of sp³-hybridized carbons (Fsp3) is 0.579. The molecule has 1 heterocycles. The number of carbonyl (C=O) groups is 1. The van der Waals surface area contributed by atoms with E-state index in [1.54, 1.807) is 20.8 Å². The Morgan fingerprint density at radius 2 is 2.07 bits per heavy atom. The highest BCUT2D eigenvalue weighted by atomic mass is 32.2. The molecule has 166 valence electrons. The molecule has 1 amide bonds. The SMILES string of the molecule is CC(C)(C)OC(=O)NC1=N[C@@]2(c3ccc(F)c(OSC(F)(F)F)c3)CCC[C@H]2CS1. The van der Waals surface area contributed by atoms with Crippen LogP contribution in [0, 0.1) is 11.7 Å². The van der Waals surface area contributed by atoms with Gasteiger partial charge in [-0.15, -0.1) is 0 Å². The summed E-state index contributed by atoms with van der Waals surface area (Å²) in [5.41, 5.74) is -5.52. The van der Waals surface area contributed by atoms with Gasteiger partial charge in [-0.3, -0.25) is 10.3 Å². The Balaban J connectivity index is 1.89. The van der Waals surface area contributed by atoms with Crippen molar-refractivity contribution in [2.75, 3.05) is 5.75 Å². The molecule has 1 aliphatic heterocycles. The fourth-order valence-corrected chi connectivity index (χ4v) is 5.15. The minimum atomic E-state index is -4.65. The maximum atomic E-state index is 14.0. The number of amidine groups is 1. The van der Waals surface area contributed by atoms with Crippen molar-refractivity contribution < 1.29 is 31.3 Å². The van der Waals surface area contributed by atoms with Gasteiger partial charge < -0.3 is 8.92 Å². The van der Waals surface area contributed by atoms with Crippen LogP contribution in [0.3, 0.4) is 0 Å². The number of ether oxygens (including phenoxy) is 1. The van der Waals surface area contributed by atoms with Gasteiger partial charge in [0.25, 0.3) is 0 Å². The minimum Gasteiger partial charge on any atom is -0.444 e. The van der Waals surface area contributed by atoms with Crippen LogP contribution in [0.1, 0.15) is 45.6 Å². The number of nitrogens with zero attached hydrogens (tertiary/aromatic N) is 1. The van der Waals surface area contributed by atoms with Crippen LogP contribution in [0.15, 0.2) is 23.2 Å². The molecule has 30 heavy (non-hydrogen) atoms. The molecule has 0 spiro atoms. The number of hydrogen-bond donors (Lipinski definition) is 1. The van der Waals surface area contributed by atoms with Crippen LogP contribution in [-0.2, 0) is 10.3 Å². The average Bonchev–Trinajstić information content (AvgIpc) is 3.02. The molecular weight excluding hydrogens is 444 g/mol. The lowest BCUT2D eigenvalue weighted by atomic mass is 9.81. The first-order chi connectivity index (χ1) is 13.9. The first-order valence-electron chi connectivity index (χ1n) is 9.33. The van der Waals surface area contributed by atoms with Crippen LogP contribution in [-0.4, -0.2) is 28.1 Å². The number of alkyl halides is 3. The number of nitrogens with one attached hydrogen (secondary N) is 1. The molecule has 1 aliphatic carbocycles. The van der Waals surface area contributed by atoms with Crippen molar-refractivity contribution in [3.63, 3.8) is 0 Å². The molecular formula is C19H22F4N2O3S2. The van der Waals surface area contributed by atoms with E-state index in [-0.39, 0.29) is 5.92 Å². The van der Waals surface area contributed by atoms with Gasteiger partial charge in [-0.2, -0.15) is 13.2 Å². The number of carbonyl (C=O) groups excluding carboxylic acids is 1. The molecule has 2 atom stereocenters. The van der Waals surface area contributed by atoms with Crippen molar-refractivity contribution in [2.24, 2.45) is 10.9 Å². The lowest BCUT2D eigenvalue weighted by molar-refractivity contribution is -0.0370. The maximum absolute atomic E-state index is 14.0. The number of alkyl carbamates (subject to hydrolysis) is 1. The summed E-state index contributed by atoms with van der Waals surface area (Å²) in [6.45, 7) is 5.24. The van der Waals surface area contributed by atoms with Crippen LogP contribution in [0.2, 0.25) is 0 Å². The number of rotatable bonds is 3. The topological polar surface area (TPSA) is 59.9 Å². The van der Waals surface area contributed by atoms with Crippen molar-refractivity contribution in [2.45, 2.75) is 56.7 Å². The predicted molar refractivity (Wildman–Crippen MR) is 109 cm³/mol. The number of amides is 1. The molecule has 1 aromatic carbocycles. The lowest BCUT2D eigenvalue weighted by Crippen LogP contribution is -2.41. The zero-order chi connectivity index (χ0) is 22.2. The molecule has 1 fully saturated rings. The van der Waals surface area contributed by atoms with E-state index in [0.29, 0.717) is 22.9 Å². The van der Waals surface area contributed by atoms with Crippen LogP contribution < -0.4 is 9.50 Å². The molecule has 2 aliphatic rings. The normalized spacial score (nSPS) is 24.1. The summed E-state index contributed by atoms with van der Waals surface area (Å²) in [4.78, 5) is 16.9. The minimum absolute atomic E-state index is 0.111. The largest absolute Gasteiger partial charge is 0.479 e. The molecule has 3 rings (SSSR count). The first kappa shape index (κ1) is 23.1. The van der Waals surface area contributed by atoms with Gasteiger partial charge in [0.15, 0.2) is 28.8 Å². The van der Waals surface area contributed by atoms with Crippen LogP contribution >= 0.6 is 23.8 Å². The second-order valence-electron chi connectivity index (χ2n) is 8.13. The Kier molecular flexibility index (Phi) is 6.52. The van der Waals surface area contributed by atoms with Crippen molar-refractivity contribution in [3.8, 4) is 5.75 Å². The van der Waals surface area contributed by atoms with E-state index in [4.69, 9.17) is 9.73 Å². The zero-order valence-corrected chi connectivity index (χ0v) is 18.3. The van der Waals surface area contributed by atoms with E-state index < -0.39 is 46.4 Å². The third-order valence-corrected chi connectivity index (χ3v) is 6.26. The van der Waals surface area contributed by atoms with Gasteiger partial charge in [-0.05, 0) is 57.2 Å². The summed E-state index contributed by atoms with van der Waals surface area (Å²) in [6.07, 6.45) is 1.74. The van der Waals surface area contributed by atoms with E-state index in [2.05, 4.69) is 9.50 Å². The molecule has 1 saturated carbocycles. The summed E-state index contributed by atoms with van der Waals surface area (Å²) in [7, 11) is 0. The highest BCUT2D eigenvalue weighted by Gasteiger charge is 2.47. The Morgan fingerprint density at radius 1 is 1.33 bits per heavy atom. The Hall–Kier alpha value is -1.62. The van der Waals surface area contributed by atoms with E-state index in [1.165, 1.54) is 23.9 Å². The molecule has 1 aromatic rings. The standard InChI is InChI=1S/C19H22F4N2O3S2/c1-17(2,3)27-16(26)24-15-25-18(8-4-5-12(18)10-29-15)11-6-7-13(20)14(9-11)28-30-19(21,22)23/h6-7,9,12H,4-5,8,10H2,1-3H3,(H,24,25,26)/t12-,18+/m0/s1. The van der Waals surface area contributed by atoms with Crippen molar-refractivity contribution in [3.05, 3.63) is 29.6 Å². The van der Waals surface area contributed by atoms with Crippen LogP contribution in [0.4, 0.5) is 22.4 Å². The van der Waals surface area contributed by atoms with Crippen molar-refractivity contribution in [1.29, 1.82) is 0 Å². The third-order valence-electron chi connectivity index (χ3n) is 4.77. The zero-order valence-electron chi connectivity index (χ0n) is 16.6. The van der Waals surface area contributed by atoms with Crippen molar-refractivity contribution in [1.82, 2.24) is 5.32 Å². The highest BCUT2D eigenvalue weighted by Crippen LogP contribution is 2.51. The lowest BCUT2D eigenvalue weighted by Gasteiger charge is -2.36. The number of fused-ring (bicyclic) bond motifs is 1. The Morgan fingerprint density at radius 3 is 2.73 bits per heavy atom. The van der Waals surface area contributed by atoms with E-state index in [0.717, 1.165) is 18.9 Å². The summed E-state index contributed by atoms with van der Waals surface area (Å²) >= 11 is 0.628. The van der Waals surface area contributed by atoms with Gasteiger partial charge >= 0.3 is 11.6 Å². The Bertz CT molecular complexity index is 842. The number of aliphatic imine (C=N–C) groups is 1. The third kappa shape index (κ3) is 5.54. The fourth-order valence-electron chi connectivity index (χ4n) is 3.65. The quantitative estimate of drug-likeness (QED) is 0.438. The second-order valence-corrected chi connectivity index (χ2v) is 9.93. The average molecular weight is 467 g/mol. The van der Waals surface area contributed by atoms with E-state index >= 15 is 0 Å².